The molecule has 0 saturated heterocycles. The van der Waals surface area contributed by atoms with Crippen molar-refractivity contribution in [1.82, 2.24) is 9.97 Å². The van der Waals surface area contributed by atoms with Crippen LogP contribution in [0.1, 0.15) is 16.8 Å². The van der Waals surface area contributed by atoms with Gasteiger partial charge in [0.1, 0.15) is 5.03 Å². The minimum atomic E-state index is -4.48. The van der Waals surface area contributed by atoms with Gasteiger partial charge in [0.15, 0.2) is 5.69 Å². The maximum Gasteiger partial charge on any atom is 0.433 e. The van der Waals surface area contributed by atoms with Crippen LogP contribution in [-0.2, 0) is 11.9 Å². The number of aryl methyl sites for hydroxylation is 1. The van der Waals surface area contributed by atoms with E-state index in [1.807, 2.05) is 31.2 Å². The van der Waals surface area contributed by atoms with Crippen LogP contribution in [0.3, 0.4) is 0 Å². The number of rotatable bonds is 4. The summed E-state index contributed by atoms with van der Waals surface area (Å²) >= 11 is 1.26. The molecule has 112 valence electrons. The second kappa shape index (κ2) is 6.34. The Morgan fingerprint density at radius 3 is 2.52 bits per heavy atom. The second-order valence-electron chi connectivity index (χ2n) is 4.38. The van der Waals surface area contributed by atoms with Gasteiger partial charge in [-0.05, 0) is 18.1 Å². The summed E-state index contributed by atoms with van der Waals surface area (Å²) in [4.78, 5) is 7.49. The minimum absolute atomic E-state index is 0.0305. The van der Waals surface area contributed by atoms with Crippen molar-refractivity contribution < 1.29 is 13.2 Å². The third kappa shape index (κ3) is 4.10. The molecule has 0 aliphatic carbocycles. The number of thioether (sulfide) groups is 1. The molecule has 2 rings (SSSR count). The third-order valence-corrected chi connectivity index (χ3v) is 3.81. The van der Waals surface area contributed by atoms with Crippen molar-refractivity contribution in [2.75, 3.05) is 12.4 Å². The number of halogens is 3. The summed E-state index contributed by atoms with van der Waals surface area (Å²) in [5, 5.41) is 2.85. The fraction of sp³-hybridized carbons (Fsp3) is 0.286. The lowest BCUT2D eigenvalue weighted by Gasteiger charge is -2.10. The number of nitrogens with one attached hydrogen (secondary N) is 1. The number of benzene rings is 1. The highest BCUT2D eigenvalue weighted by Crippen LogP contribution is 2.31. The van der Waals surface area contributed by atoms with Gasteiger partial charge in [0, 0.05) is 18.9 Å². The molecule has 0 unspecified atom stereocenters. The number of hydrogen-bond acceptors (Lipinski definition) is 4. The van der Waals surface area contributed by atoms with Crippen molar-refractivity contribution in [2.24, 2.45) is 0 Å². The Labute approximate surface area is 125 Å². The highest BCUT2D eigenvalue weighted by Gasteiger charge is 2.33. The summed E-state index contributed by atoms with van der Waals surface area (Å²) in [6, 6.07) is 8.73. The highest BCUT2D eigenvalue weighted by molar-refractivity contribution is 7.98. The molecule has 1 N–H and O–H groups in total. The Balaban J connectivity index is 2.22. The molecule has 0 spiro atoms. The zero-order valence-electron chi connectivity index (χ0n) is 11.5. The number of alkyl halides is 3. The van der Waals surface area contributed by atoms with Crippen molar-refractivity contribution >= 4 is 17.7 Å². The van der Waals surface area contributed by atoms with Gasteiger partial charge in [-0.2, -0.15) is 13.2 Å². The molecule has 0 saturated carbocycles. The quantitative estimate of drug-likeness (QED) is 0.680. The van der Waals surface area contributed by atoms with E-state index < -0.39 is 11.9 Å². The van der Waals surface area contributed by atoms with E-state index in [0.717, 1.165) is 17.2 Å². The van der Waals surface area contributed by atoms with E-state index in [9.17, 15) is 13.2 Å². The van der Waals surface area contributed by atoms with Crippen LogP contribution in [-0.4, -0.2) is 17.0 Å². The molecule has 0 aliphatic rings. The Hall–Kier alpha value is -1.76. The van der Waals surface area contributed by atoms with Gasteiger partial charge in [-0.1, -0.05) is 24.3 Å². The normalized spacial score (nSPS) is 11.5. The number of nitrogens with zero attached hydrogens (tertiary/aromatic N) is 2. The molecule has 0 amide bonds. The SMILES string of the molecule is CNc1nc(SCc2ccccc2C)cc(C(F)(F)F)n1. The summed E-state index contributed by atoms with van der Waals surface area (Å²) in [7, 11) is 1.49. The fourth-order valence-corrected chi connectivity index (χ4v) is 2.65. The third-order valence-electron chi connectivity index (χ3n) is 2.85. The molecule has 1 aromatic heterocycles. The summed E-state index contributed by atoms with van der Waals surface area (Å²) in [6.45, 7) is 1.97. The fourth-order valence-electron chi connectivity index (χ4n) is 1.68. The van der Waals surface area contributed by atoms with Gasteiger partial charge < -0.3 is 5.32 Å². The first-order valence-corrected chi connectivity index (χ1v) is 7.20. The molecule has 0 atom stereocenters. The molecule has 0 bridgehead atoms. The van der Waals surface area contributed by atoms with E-state index in [2.05, 4.69) is 15.3 Å². The molecule has 1 heterocycles. The minimum Gasteiger partial charge on any atom is -0.357 e. The Kier molecular flexibility index (Phi) is 4.72. The van der Waals surface area contributed by atoms with Crippen molar-refractivity contribution in [3.63, 3.8) is 0 Å². The van der Waals surface area contributed by atoms with Crippen LogP contribution in [0.2, 0.25) is 0 Å². The van der Waals surface area contributed by atoms with E-state index in [1.165, 1.54) is 18.8 Å². The van der Waals surface area contributed by atoms with E-state index in [0.29, 0.717) is 10.8 Å². The van der Waals surface area contributed by atoms with Crippen LogP contribution in [0.15, 0.2) is 35.4 Å². The maximum atomic E-state index is 12.8. The second-order valence-corrected chi connectivity index (χ2v) is 5.37. The van der Waals surface area contributed by atoms with Crippen molar-refractivity contribution in [3.8, 4) is 0 Å². The van der Waals surface area contributed by atoms with Gasteiger partial charge in [0.2, 0.25) is 5.95 Å². The van der Waals surface area contributed by atoms with Crippen LogP contribution in [0.25, 0.3) is 0 Å². The van der Waals surface area contributed by atoms with E-state index in [-0.39, 0.29) is 5.95 Å². The molecule has 1 aromatic carbocycles. The first-order valence-electron chi connectivity index (χ1n) is 6.21. The summed E-state index contributed by atoms with van der Waals surface area (Å²) < 4.78 is 38.4. The zero-order valence-corrected chi connectivity index (χ0v) is 12.3. The topological polar surface area (TPSA) is 37.8 Å². The number of anilines is 1. The molecule has 0 radical (unpaired) electrons. The molecule has 2 aromatic rings. The summed E-state index contributed by atoms with van der Waals surface area (Å²) in [5.74, 6) is 0.529. The summed E-state index contributed by atoms with van der Waals surface area (Å²) in [6.07, 6.45) is -4.48. The van der Waals surface area contributed by atoms with Crippen LogP contribution in [0.4, 0.5) is 19.1 Å². The van der Waals surface area contributed by atoms with Gasteiger partial charge in [-0.3, -0.25) is 0 Å². The first kappa shape index (κ1) is 15.6. The Morgan fingerprint density at radius 1 is 1.19 bits per heavy atom. The van der Waals surface area contributed by atoms with Crippen LogP contribution >= 0.6 is 11.8 Å². The van der Waals surface area contributed by atoms with Gasteiger partial charge >= 0.3 is 6.18 Å². The molecule has 0 aliphatic heterocycles. The van der Waals surface area contributed by atoms with Gasteiger partial charge in [0.05, 0.1) is 0 Å². The Morgan fingerprint density at radius 2 is 1.90 bits per heavy atom. The lowest BCUT2D eigenvalue weighted by molar-refractivity contribution is -0.141. The lowest BCUT2D eigenvalue weighted by Crippen LogP contribution is -2.11. The maximum absolute atomic E-state index is 12.8. The molecule has 0 fully saturated rings. The van der Waals surface area contributed by atoms with E-state index in [1.54, 1.807) is 0 Å². The standard InChI is InChI=1S/C14H14F3N3S/c1-9-5-3-4-6-10(9)8-21-12-7-11(14(15,16)17)19-13(18-2)20-12/h3-7H,8H2,1-2H3,(H,18,19,20). The molecule has 3 nitrogen and oxygen atoms in total. The smallest absolute Gasteiger partial charge is 0.357 e. The largest absolute Gasteiger partial charge is 0.433 e. The predicted octanol–water partition coefficient (Wildman–Crippen LogP) is 4.14. The van der Waals surface area contributed by atoms with Crippen molar-refractivity contribution in [2.45, 2.75) is 23.9 Å². The van der Waals surface area contributed by atoms with Crippen LogP contribution < -0.4 is 5.32 Å². The molecule has 7 heteroatoms. The highest BCUT2D eigenvalue weighted by atomic mass is 32.2. The predicted molar refractivity (Wildman–Crippen MR) is 77.3 cm³/mol. The average Bonchev–Trinajstić information content (AvgIpc) is 2.45. The number of aromatic nitrogens is 2. The van der Waals surface area contributed by atoms with Crippen LogP contribution in [0.5, 0.6) is 0 Å². The Bertz CT molecular complexity index is 629. The van der Waals surface area contributed by atoms with Crippen LogP contribution in [0, 0.1) is 6.92 Å². The summed E-state index contributed by atoms with van der Waals surface area (Å²) in [5.41, 5.74) is 1.23. The first-order chi connectivity index (χ1) is 9.90. The molecular formula is C14H14F3N3S. The van der Waals surface area contributed by atoms with Crippen molar-refractivity contribution in [3.05, 3.63) is 47.2 Å². The van der Waals surface area contributed by atoms with E-state index in [4.69, 9.17) is 0 Å². The molecule has 21 heavy (non-hydrogen) atoms. The monoisotopic (exact) mass is 313 g/mol. The van der Waals surface area contributed by atoms with Gasteiger partial charge in [0.25, 0.3) is 0 Å². The zero-order chi connectivity index (χ0) is 15.5. The van der Waals surface area contributed by atoms with Gasteiger partial charge in [-0.15, -0.1) is 11.8 Å². The van der Waals surface area contributed by atoms with Crippen molar-refractivity contribution in [1.29, 1.82) is 0 Å². The van der Waals surface area contributed by atoms with Gasteiger partial charge in [-0.25, -0.2) is 9.97 Å². The van der Waals surface area contributed by atoms with E-state index >= 15 is 0 Å². The average molecular weight is 313 g/mol. The molecular weight excluding hydrogens is 299 g/mol. The lowest BCUT2D eigenvalue weighted by atomic mass is 10.1. The number of hydrogen-bond donors (Lipinski definition) is 1.